The summed E-state index contributed by atoms with van der Waals surface area (Å²) in [6, 6.07) is 0.635. The van der Waals surface area contributed by atoms with Crippen molar-refractivity contribution in [1.29, 1.82) is 0 Å². The average molecular weight is 253 g/mol. The number of nitrogens with one attached hydrogen (secondary N) is 1. The fourth-order valence-corrected chi connectivity index (χ4v) is 4.41. The van der Waals surface area contributed by atoms with Crippen LogP contribution in [0.4, 0.5) is 0 Å². The lowest BCUT2D eigenvalue weighted by Crippen LogP contribution is -2.55. The van der Waals surface area contributed by atoms with Gasteiger partial charge in [0.1, 0.15) is 0 Å². The molecule has 0 radical (unpaired) electrons. The fourth-order valence-electron chi connectivity index (χ4n) is 4.41. The van der Waals surface area contributed by atoms with E-state index in [4.69, 9.17) is 0 Å². The van der Waals surface area contributed by atoms with Gasteiger partial charge in [-0.15, -0.1) is 0 Å². The quantitative estimate of drug-likeness (QED) is 0.755. The maximum atomic E-state index is 9.96. The first-order valence-corrected chi connectivity index (χ1v) is 7.86. The molecule has 2 fully saturated rings. The Balaban J connectivity index is 2.03. The first kappa shape index (κ1) is 14.3. The van der Waals surface area contributed by atoms with Crippen molar-refractivity contribution in [3.05, 3.63) is 0 Å². The Labute approximate surface area is 113 Å². The van der Waals surface area contributed by atoms with Gasteiger partial charge in [-0.2, -0.15) is 0 Å². The van der Waals surface area contributed by atoms with Gasteiger partial charge in [0.2, 0.25) is 0 Å². The molecule has 106 valence electrons. The molecule has 2 rings (SSSR count). The summed E-state index contributed by atoms with van der Waals surface area (Å²) in [4.78, 5) is 0. The molecule has 0 heterocycles. The van der Waals surface area contributed by atoms with Crippen molar-refractivity contribution in [3.63, 3.8) is 0 Å². The van der Waals surface area contributed by atoms with Crippen LogP contribution in [0.3, 0.4) is 0 Å². The van der Waals surface area contributed by atoms with Crippen LogP contribution >= 0.6 is 0 Å². The van der Waals surface area contributed by atoms with E-state index in [1.54, 1.807) is 0 Å². The predicted molar refractivity (Wildman–Crippen MR) is 76.6 cm³/mol. The Morgan fingerprint density at radius 3 is 2.17 bits per heavy atom. The molecule has 2 atom stereocenters. The van der Waals surface area contributed by atoms with Gasteiger partial charge < -0.3 is 10.4 Å². The number of aliphatic hydroxyl groups is 1. The second kappa shape index (κ2) is 5.50. The van der Waals surface area contributed by atoms with Crippen LogP contribution in [0.25, 0.3) is 0 Å². The minimum atomic E-state index is -0.0154. The van der Waals surface area contributed by atoms with Crippen molar-refractivity contribution in [3.8, 4) is 0 Å². The first-order valence-electron chi connectivity index (χ1n) is 7.86. The molecular formula is C16H31NO. The highest BCUT2D eigenvalue weighted by atomic mass is 16.3. The van der Waals surface area contributed by atoms with Crippen molar-refractivity contribution >= 4 is 0 Å². The molecule has 0 aromatic heterocycles. The van der Waals surface area contributed by atoms with Crippen molar-refractivity contribution in [2.75, 3.05) is 6.61 Å². The standard InChI is InChI=1S/C16H31NO/c1-13-10-15(2,3)11-16(13,12-18)17-14-8-6-4-5-7-9-14/h13-14,17-18H,4-12H2,1-3H3. The molecule has 0 aromatic rings. The Hall–Kier alpha value is -0.0800. The number of hydrogen-bond acceptors (Lipinski definition) is 2. The molecule has 0 bridgehead atoms. The Morgan fingerprint density at radius 1 is 1.11 bits per heavy atom. The lowest BCUT2D eigenvalue weighted by atomic mass is 9.85. The highest BCUT2D eigenvalue weighted by Crippen LogP contribution is 2.47. The van der Waals surface area contributed by atoms with Crippen molar-refractivity contribution in [2.45, 2.75) is 83.7 Å². The molecule has 2 nitrogen and oxygen atoms in total. The van der Waals surface area contributed by atoms with Crippen molar-refractivity contribution in [2.24, 2.45) is 11.3 Å². The second-order valence-electron chi connectivity index (χ2n) is 7.59. The van der Waals surface area contributed by atoms with E-state index in [1.807, 2.05) is 0 Å². The van der Waals surface area contributed by atoms with Gasteiger partial charge in [0, 0.05) is 11.6 Å². The lowest BCUT2D eigenvalue weighted by molar-refractivity contribution is 0.109. The van der Waals surface area contributed by atoms with Gasteiger partial charge in [-0.1, -0.05) is 46.5 Å². The second-order valence-corrected chi connectivity index (χ2v) is 7.59. The molecule has 0 amide bonds. The van der Waals surface area contributed by atoms with Gasteiger partial charge in [-0.05, 0) is 37.0 Å². The van der Waals surface area contributed by atoms with E-state index in [0.29, 0.717) is 24.0 Å². The number of aliphatic hydroxyl groups excluding tert-OH is 1. The van der Waals surface area contributed by atoms with E-state index in [-0.39, 0.29) is 5.54 Å². The Kier molecular flexibility index (Phi) is 4.38. The topological polar surface area (TPSA) is 32.3 Å². The van der Waals surface area contributed by atoms with Gasteiger partial charge in [0.05, 0.1) is 6.61 Å². The third-order valence-corrected chi connectivity index (χ3v) is 5.22. The van der Waals surface area contributed by atoms with Crippen molar-refractivity contribution in [1.82, 2.24) is 5.32 Å². The Bertz CT molecular complexity index is 268. The molecule has 2 unspecified atom stereocenters. The van der Waals surface area contributed by atoms with E-state index in [2.05, 4.69) is 26.1 Å². The molecule has 0 saturated heterocycles. The summed E-state index contributed by atoms with van der Waals surface area (Å²) >= 11 is 0. The van der Waals surface area contributed by atoms with Gasteiger partial charge in [0.15, 0.2) is 0 Å². The largest absolute Gasteiger partial charge is 0.394 e. The van der Waals surface area contributed by atoms with Gasteiger partial charge >= 0.3 is 0 Å². The zero-order valence-corrected chi connectivity index (χ0v) is 12.5. The van der Waals surface area contributed by atoms with Crippen LogP contribution in [0.15, 0.2) is 0 Å². The van der Waals surface area contributed by atoms with Crippen LogP contribution < -0.4 is 5.32 Å². The highest BCUT2D eigenvalue weighted by Gasteiger charge is 2.48. The Morgan fingerprint density at radius 2 is 1.72 bits per heavy atom. The molecule has 0 aromatic carbocycles. The predicted octanol–water partition coefficient (Wildman–Crippen LogP) is 3.49. The summed E-state index contributed by atoms with van der Waals surface area (Å²) in [5, 5.41) is 13.8. The molecule has 2 N–H and O–H groups in total. The van der Waals surface area contributed by atoms with Crippen LogP contribution in [0.2, 0.25) is 0 Å². The van der Waals surface area contributed by atoms with E-state index >= 15 is 0 Å². The smallest absolute Gasteiger partial charge is 0.0616 e. The molecule has 2 aliphatic rings. The van der Waals surface area contributed by atoms with Crippen LogP contribution in [-0.4, -0.2) is 23.3 Å². The van der Waals surface area contributed by atoms with Gasteiger partial charge in [0.25, 0.3) is 0 Å². The fraction of sp³-hybridized carbons (Fsp3) is 1.00. The van der Waals surface area contributed by atoms with E-state index in [1.165, 1.54) is 44.9 Å². The molecule has 0 spiro atoms. The van der Waals surface area contributed by atoms with E-state index in [0.717, 1.165) is 6.42 Å². The summed E-state index contributed by atoms with van der Waals surface area (Å²) in [6.07, 6.45) is 10.5. The minimum Gasteiger partial charge on any atom is -0.394 e. The minimum absolute atomic E-state index is 0.0154. The van der Waals surface area contributed by atoms with Crippen LogP contribution in [0.1, 0.15) is 72.1 Å². The molecule has 2 heteroatoms. The maximum Gasteiger partial charge on any atom is 0.0616 e. The molecule has 2 aliphatic carbocycles. The van der Waals surface area contributed by atoms with Crippen LogP contribution in [0, 0.1) is 11.3 Å². The highest BCUT2D eigenvalue weighted by molar-refractivity contribution is 5.05. The third kappa shape index (κ3) is 3.08. The normalized spacial score (nSPS) is 37.7. The zero-order chi connectivity index (χ0) is 13.2. The first-order chi connectivity index (χ1) is 8.47. The number of hydrogen-bond donors (Lipinski definition) is 2. The molecule has 2 saturated carbocycles. The maximum absolute atomic E-state index is 9.96. The van der Waals surface area contributed by atoms with E-state index < -0.39 is 0 Å². The number of rotatable bonds is 3. The summed E-state index contributed by atoms with van der Waals surface area (Å²) in [5.74, 6) is 0.584. The van der Waals surface area contributed by atoms with Crippen LogP contribution in [0.5, 0.6) is 0 Å². The van der Waals surface area contributed by atoms with Gasteiger partial charge in [-0.25, -0.2) is 0 Å². The third-order valence-electron chi connectivity index (χ3n) is 5.22. The molecule has 0 aliphatic heterocycles. The lowest BCUT2D eigenvalue weighted by Gasteiger charge is -2.37. The summed E-state index contributed by atoms with van der Waals surface area (Å²) in [5.41, 5.74) is 0.360. The van der Waals surface area contributed by atoms with Crippen LogP contribution in [-0.2, 0) is 0 Å². The molecular weight excluding hydrogens is 222 g/mol. The summed E-state index contributed by atoms with van der Waals surface area (Å²) in [6.45, 7) is 7.30. The van der Waals surface area contributed by atoms with E-state index in [9.17, 15) is 5.11 Å². The SMILES string of the molecule is CC1CC(C)(C)CC1(CO)NC1CCCCCC1. The zero-order valence-electron chi connectivity index (χ0n) is 12.5. The average Bonchev–Trinajstić information content (AvgIpc) is 2.49. The summed E-state index contributed by atoms with van der Waals surface area (Å²) in [7, 11) is 0. The summed E-state index contributed by atoms with van der Waals surface area (Å²) < 4.78 is 0. The monoisotopic (exact) mass is 253 g/mol. The molecule has 18 heavy (non-hydrogen) atoms. The van der Waals surface area contributed by atoms with Gasteiger partial charge in [-0.3, -0.25) is 0 Å². The van der Waals surface area contributed by atoms with Crippen molar-refractivity contribution < 1.29 is 5.11 Å².